The summed E-state index contributed by atoms with van der Waals surface area (Å²) in [6.45, 7) is 0. The van der Waals surface area contributed by atoms with Crippen molar-refractivity contribution in [2.24, 2.45) is 0 Å². The maximum Gasteiger partial charge on any atom is 0.292 e. The number of nitro benzene ring substituents is 1. The highest BCUT2D eigenvalue weighted by molar-refractivity contribution is 7.92. The summed E-state index contributed by atoms with van der Waals surface area (Å²) >= 11 is 0. The van der Waals surface area contributed by atoms with Crippen LogP contribution in [0.1, 0.15) is 0 Å². The SMILES string of the molecule is CNc1cc(S(=O)(=O)Nc2ncccn2)ccc1[N+](=O)[O-]. The molecule has 2 aromatic rings. The molecule has 10 heteroatoms. The van der Waals surface area contributed by atoms with Crippen LogP contribution in [0.15, 0.2) is 41.6 Å². The first kappa shape index (κ1) is 14.7. The second kappa shape index (κ2) is 5.71. The predicted octanol–water partition coefficient (Wildman–Crippen LogP) is 1.23. The Labute approximate surface area is 120 Å². The van der Waals surface area contributed by atoms with Crippen LogP contribution in [-0.4, -0.2) is 30.4 Å². The third-order valence-electron chi connectivity index (χ3n) is 2.54. The van der Waals surface area contributed by atoms with Gasteiger partial charge in [0.1, 0.15) is 5.69 Å². The third kappa shape index (κ3) is 3.23. The first-order chi connectivity index (χ1) is 9.94. The molecule has 2 rings (SSSR count). The molecule has 1 aromatic carbocycles. The van der Waals surface area contributed by atoms with E-state index in [4.69, 9.17) is 0 Å². The summed E-state index contributed by atoms with van der Waals surface area (Å²) in [5.41, 5.74) is -0.121. The Morgan fingerprint density at radius 3 is 2.48 bits per heavy atom. The number of hydrogen-bond acceptors (Lipinski definition) is 7. The lowest BCUT2D eigenvalue weighted by Crippen LogP contribution is -2.15. The van der Waals surface area contributed by atoms with Gasteiger partial charge in [-0.1, -0.05) is 0 Å². The second-order valence-electron chi connectivity index (χ2n) is 3.86. The molecule has 0 saturated heterocycles. The molecule has 0 bridgehead atoms. The van der Waals surface area contributed by atoms with Crippen LogP contribution in [0, 0.1) is 10.1 Å². The molecule has 0 unspecified atom stereocenters. The van der Waals surface area contributed by atoms with E-state index in [-0.39, 0.29) is 22.2 Å². The van der Waals surface area contributed by atoms with Gasteiger partial charge in [0.2, 0.25) is 5.95 Å². The zero-order chi connectivity index (χ0) is 15.5. The van der Waals surface area contributed by atoms with Gasteiger partial charge in [0.15, 0.2) is 0 Å². The van der Waals surface area contributed by atoms with E-state index in [9.17, 15) is 18.5 Å². The van der Waals surface area contributed by atoms with Crippen LogP contribution >= 0.6 is 0 Å². The molecule has 2 N–H and O–H groups in total. The molecule has 0 aliphatic heterocycles. The quantitative estimate of drug-likeness (QED) is 0.628. The van der Waals surface area contributed by atoms with Crippen molar-refractivity contribution in [1.82, 2.24) is 9.97 Å². The van der Waals surface area contributed by atoms with Crippen molar-refractivity contribution >= 4 is 27.3 Å². The molecule has 0 aliphatic carbocycles. The molecule has 110 valence electrons. The average Bonchev–Trinajstić information content (AvgIpc) is 2.47. The first-order valence-corrected chi connectivity index (χ1v) is 7.18. The minimum atomic E-state index is -3.93. The van der Waals surface area contributed by atoms with Crippen LogP contribution in [0.2, 0.25) is 0 Å². The highest BCUT2D eigenvalue weighted by Gasteiger charge is 2.20. The highest BCUT2D eigenvalue weighted by Crippen LogP contribution is 2.27. The van der Waals surface area contributed by atoms with Gasteiger partial charge in [-0.3, -0.25) is 10.1 Å². The minimum absolute atomic E-state index is 0.0816. The van der Waals surface area contributed by atoms with Crippen molar-refractivity contribution in [3.8, 4) is 0 Å². The van der Waals surface area contributed by atoms with Crippen molar-refractivity contribution in [2.45, 2.75) is 4.90 Å². The number of rotatable bonds is 5. The lowest BCUT2D eigenvalue weighted by molar-refractivity contribution is -0.384. The van der Waals surface area contributed by atoms with Gasteiger partial charge in [-0.05, 0) is 18.2 Å². The Hall–Kier alpha value is -2.75. The topological polar surface area (TPSA) is 127 Å². The summed E-state index contributed by atoms with van der Waals surface area (Å²) in [5.74, 6) is -0.0816. The summed E-state index contributed by atoms with van der Waals surface area (Å²) in [6.07, 6.45) is 2.78. The summed E-state index contributed by atoms with van der Waals surface area (Å²) in [6, 6.07) is 4.97. The zero-order valence-electron chi connectivity index (χ0n) is 10.8. The number of anilines is 2. The van der Waals surface area contributed by atoms with Gasteiger partial charge >= 0.3 is 0 Å². The molecule has 0 fully saturated rings. The van der Waals surface area contributed by atoms with Crippen LogP contribution in [0.5, 0.6) is 0 Å². The smallest absolute Gasteiger partial charge is 0.292 e. The van der Waals surface area contributed by atoms with Gasteiger partial charge in [-0.25, -0.2) is 23.1 Å². The van der Waals surface area contributed by atoms with E-state index in [2.05, 4.69) is 20.0 Å². The fraction of sp³-hybridized carbons (Fsp3) is 0.0909. The van der Waals surface area contributed by atoms with Crippen LogP contribution in [0.25, 0.3) is 0 Å². The van der Waals surface area contributed by atoms with Crippen molar-refractivity contribution in [2.75, 3.05) is 17.1 Å². The zero-order valence-corrected chi connectivity index (χ0v) is 11.7. The molecule has 1 aromatic heterocycles. The largest absolute Gasteiger partial charge is 0.383 e. The summed E-state index contributed by atoms with van der Waals surface area (Å²) < 4.78 is 26.5. The van der Waals surface area contributed by atoms with E-state index in [0.717, 1.165) is 12.1 Å². The second-order valence-corrected chi connectivity index (χ2v) is 5.55. The van der Waals surface area contributed by atoms with E-state index in [1.807, 2.05) is 0 Å². The maximum absolute atomic E-state index is 12.2. The molecule has 0 saturated carbocycles. The van der Waals surface area contributed by atoms with Crippen LogP contribution < -0.4 is 10.0 Å². The predicted molar refractivity (Wildman–Crippen MR) is 75.5 cm³/mol. The third-order valence-corrected chi connectivity index (χ3v) is 3.86. The molecule has 0 atom stereocenters. The molecule has 0 amide bonds. The van der Waals surface area contributed by atoms with Gasteiger partial charge in [0, 0.05) is 25.5 Å². The highest BCUT2D eigenvalue weighted by atomic mass is 32.2. The Bertz CT molecular complexity index is 763. The maximum atomic E-state index is 12.2. The number of sulfonamides is 1. The normalized spacial score (nSPS) is 10.9. The Morgan fingerprint density at radius 2 is 1.90 bits per heavy atom. The monoisotopic (exact) mass is 309 g/mol. The Morgan fingerprint density at radius 1 is 1.24 bits per heavy atom. The fourth-order valence-corrected chi connectivity index (χ4v) is 2.56. The number of nitrogens with one attached hydrogen (secondary N) is 2. The number of nitrogens with zero attached hydrogens (tertiary/aromatic N) is 3. The Kier molecular flexibility index (Phi) is 3.98. The molecular formula is C11H11N5O4S. The van der Waals surface area contributed by atoms with Crippen molar-refractivity contribution in [3.05, 3.63) is 46.8 Å². The number of benzene rings is 1. The van der Waals surface area contributed by atoms with Crippen molar-refractivity contribution in [3.63, 3.8) is 0 Å². The van der Waals surface area contributed by atoms with Gasteiger partial charge in [-0.15, -0.1) is 0 Å². The van der Waals surface area contributed by atoms with Gasteiger partial charge in [0.05, 0.1) is 9.82 Å². The number of aromatic nitrogens is 2. The molecule has 21 heavy (non-hydrogen) atoms. The lowest BCUT2D eigenvalue weighted by Gasteiger charge is -2.08. The van der Waals surface area contributed by atoms with Gasteiger partial charge in [-0.2, -0.15) is 0 Å². The van der Waals surface area contributed by atoms with E-state index >= 15 is 0 Å². The first-order valence-electron chi connectivity index (χ1n) is 5.70. The van der Waals surface area contributed by atoms with Crippen LogP contribution in [-0.2, 0) is 10.0 Å². The van der Waals surface area contributed by atoms with Gasteiger partial charge in [0.25, 0.3) is 15.7 Å². The fourth-order valence-electron chi connectivity index (χ4n) is 1.57. The summed E-state index contributed by atoms with van der Waals surface area (Å²) in [7, 11) is -2.46. The average molecular weight is 309 g/mol. The molecular weight excluding hydrogens is 298 g/mol. The minimum Gasteiger partial charge on any atom is -0.383 e. The molecule has 0 aliphatic rings. The van der Waals surface area contributed by atoms with Gasteiger partial charge < -0.3 is 5.32 Å². The number of nitro groups is 1. The van der Waals surface area contributed by atoms with E-state index in [1.165, 1.54) is 25.5 Å². The Balaban J connectivity index is 2.39. The lowest BCUT2D eigenvalue weighted by atomic mass is 10.3. The molecule has 0 radical (unpaired) electrons. The summed E-state index contributed by atoms with van der Waals surface area (Å²) in [5, 5.41) is 13.4. The van der Waals surface area contributed by atoms with E-state index in [0.29, 0.717) is 0 Å². The van der Waals surface area contributed by atoms with E-state index in [1.54, 1.807) is 6.07 Å². The molecule has 1 heterocycles. The van der Waals surface area contributed by atoms with Crippen molar-refractivity contribution in [1.29, 1.82) is 0 Å². The van der Waals surface area contributed by atoms with Crippen molar-refractivity contribution < 1.29 is 13.3 Å². The van der Waals surface area contributed by atoms with E-state index < -0.39 is 14.9 Å². The summed E-state index contributed by atoms with van der Waals surface area (Å²) in [4.78, 5) is 17.6. The van der Waals surface area contributed by atoms with Crippen LogP contribution in [0.3, 0.4) is 0 Å². The van der Waals surface area contributed by atoms with Crippen LogP contribution in [0.4, 0.5) is 17.3 Å². The number of hydrogen-bond donors (Lipinski definition) is 2. The molecule has 9 nitrogen and oxygen atoms in total. The molecule has 0 spiro atoms. The standard InChI is InChI=1S/C11H11N5O4S/c1-12-9-7-8(3-4-10(9)16(17)18)21(19,20)15-11-13-5-2-6-14-11/h2-7,12H,1H3,(H,13,14,15).